The van der Waals surface area contributed by atoms with Gasteiger partial charge >= 0.3 is 0 Å². The molecule has 0 aromatic carbocycles. The molecule has 27 heavy (non-hydrogen) atoms. The summed E-state index contributed by atoms with van der Waals surface area (Å²) in [4.78, 5) is 20.2. The van der Waals surface area contributed by atoms with Gasteiger partial charge in [0.25, 0.3) is 0 Å². The summed E-state index contributed by atoms with van der Waals surface area (Å²) in [5, 5.41) is 0. The molecule has 0 aromatic rings. The van der Waals surface area contributed by atoms with Gasteiger partial charge in [0.15, 0.2) is 0 Å². The van der Waals surface area contributed by atoms with Crippen molar-refractivity contribution in [3.63, 3.8) is 0 Å². The number of rotatable bonds is 2. The number of carbonyl (C=O) groups is 1. The molecule has 2 rings (SSSR count). The van der Waals surface area contributed by atoms with Gasteiger partial charge in [-0.3, -0.25) is 14.6 Å². The number of piperazine rings is 2. The van der Waals surface area contributed by atoms with Crippen LogP contribution in [0.3, 0.4) is 0 Å². The SMILES string of the molecule is CC(C)C#CCN1CCN(C)CC1.CC(C)C#CCN1CCN(C)CC1=O. The predicted octanol–water partition coefficient (Wildman–Crippen LogP) is 1.31. The Morgan fingerprint density at radius 3 is 1.81 bits per heavy atom. The molecule has 0 atom stereocenters. The van der Waals surface area contributed by atoms with Gasteiger partial charge < -0.3 is 9.80 Å². The van der Waals surface area contributed by atoms with Crippen molar-refractivity contribution in [2.75, 3.05) is 73.0 Å². The van der Waals surface area contributed by atoms with Crippen molar-refractivity contribution in [1.82, 2.24) is 19.6 Å². The van der Waals surface area contributed by atoms with Crippen LogP contribution in [-0.2, 0) is 4.79 Å². The van der Waals surface area contributed by atoms with Crippen molar-refractivity contribution in [2.45, 2.75) is 27.7 Å². The summed E-state index contributed by atoms with van der Waals surface area (Å²) in [6.45, 7) is 16.9. The van der Waals surface area contributed by atoms with Crippen LogP contribution in [0.1, 0.15) is 27.7 Å². The molecule has 2 aliphatic rings. The summed E-state index contributed by atoms with van der Waals surface area (Å²) >= 11 is 0. The molecule has 152 valence electrons. The van der Waals surface area contributed by atoms with Gasteiger partial charge in [-0.1, -0.05) is 51.4 Å². The molecular formula is C22H38N4O. The van der Waals surface area contributed by atoms with Gasteiger partial charge in [-0.05, 0) is 14.1 Å². The van der Waals surface area contributed by atoms with Gasteiger partial charge in [0.2, 0.25) is 5.91 Å². The molecular weight excluding hydrogens is 336 g/mol. The molecule has 0 aromatic heterocycles. The monoisotopic (exact) mass is 374 g/mol. The quantitative estimate of drug-likeness (QED) is 0.682. The number of hydrogen-bond donors (Lipinski definition) is 0. The van der Waals surface area contributed by atoms with Crippen LogP contribution < -0.4 is 0 Å². The summed E-state index contributed by atoms with van der Waals surface area (Å²) in [5.41, 5.74) is 0. The van der Waals surface area contributed by atoms with Crippen LogP contribution in [0.15, 0.2) is 0 Å². The van der Waals surface area contributed by atoms with Crippen LogP contribution in [-0.4, -0.2) is 98.5 Å². The molecule has 2 heterocycles. The van der Waals surface area contributed by atoms with Gasteiger partial charge in [0.05, 0.1) is 19.6 Å². The lowest BCUT2D eigenvalue weighted by atomic mass is 10.2. The smallest absolute Gasteiger partial charge is 0.237 e. The largest absolute Gasteiger partial charge is 0.329 e. The third kappa shape index (κ3) is 11.0. The maximum atomic E-state index is 11.5. The zero-order valence-electron chi connectivity index (χ0n) is 18.2. The minimum Gasteiger partial charge on any atom is -0.329 e. The van der Waals surface area contributed by atoms with Crippen LogP contribution in [0.5, 0.6) is 0 Å². The lowest BCUT2D eigenvalue weighted by molar-refractivity contribution is -0.134. The van der Waals surface area contributed by atoms with E-state index in [0.29, 0.717) is 24.9 Å². The average Bonchev–Trinajstić information content (AvgIpc) is 2.59. The molecule has 5 heteroatoms. The highest BCUT2D eigenvalue weighted by Gasteiger charge is 2.20. The Labute approximate surface area is 167 Å². The third-order valence-electron chi connectivity index (χ3n) is 4.46. The Morgan fingerprint density at radius 2 is 1.30 bits per heavy atom. The first kappa shape index (κ1) is 23.5. The number of carbonyl (C=O) groups excluding carboxylic acids is 1. The van der Waals surface area contributed by atoms with E-state index >= 15 is 0 Å². The lowest BCUT2D eigenvalue weighted by Gasteiger charge is -2.30. The Morgan fingerprint density at radius 1 is 0.778 bits per heavy atom. The van der Waals surface area contributed by atoms with Crippen LogP contribution >= 0.6 is 0 Å². The highest BCUT2D eigenvalue weighted by molar-refractivity contribution is 5.79. The Bertz CT molecular complexity index is 556. The minimum atomic E-state index is 0.191. The number of amides is 1. The molecule has 0 aliphatic carbocycles. The lowest BCUT2D eigenvalue weighted by Crippen LogP contribution is -2.48. The van der Waals surface area contributed by atoms with Gasteiger partial charge in [-0.2, -0.15) is 0 Å². The standard InChI is InChI=1S/C11H18N2O.C11H20N2/c1-10(2)5-4-6-13-8-7-12(3)9-11(13)14;1-11(2)5-4-6-13-9-7-12(3)8-10-13/h10H,6-9H2,1-3H3;11H,6-10H2,1-3H3. The van der Waals surface area contributed by atoms with Crippen molar-refractivity contribution in [3.8, 4) is 23.7 Å². The van der Waals surface area contributed by atoms with E-state index in [1.807, 2.05) is 16.8 Å². The summed E-state index contributed by atoms with van der Waals surface area (Å²) in [6, 6.07) is 0. The minimum absolute atomic E-state index is 0.191. The molecule has 2 fully saturated rings. The van der Waals surface area contributed by atoms with E-state index in [-0.39, 0.29) is 5.91 Å². The van der Waals surface area contributed by atoms with E-state index in [4.69, 9.17) is 0 Å². The van der Waals surface area contributed by atoms with Gasteiger partial charge in [-0.15, -0.1) is 0 Å². The second-order valence-corrected chi connectivity index (χ2v) is 8.08. The number of nitrogens with zero attached hydrogens (tertiary/aromatic N) is 4. The normalized spacial score (nSPS) is 19.1. The fourth-order valence-electron chi connectivity index (χ4n) is 2.71. The highest BCUT2D eigenvalue weighted by Crippen LogP contribution is 2.00. The molecule has 2 aliphatic heterocycles. The fraction of sp³-hybridized carbons (Fsp3) is 0.773. The topological polar surface area (TPSA) is 30.0 Å². The molecule has 0 bridgehead atoms. The first-order chi connectivity index (χ1) is 12.8. The molecule has 5 nitrogen and oxygen atoms in total. The zero-order chi connectivity index (χ0) is 20.2. The van der Waals surface area contributed by atoms with E-state index in [1.54, 1.807) is 0 Å². The maximum Gasteiger partial charge on any atom is 0.237 e. The van der Waals surface area contributed by atoms with Gasteiger partial charge in [0, 0.05) is 51.1 Å². The van der Waals surface area contributed by atoms with E-state index in [1.165, 1.54) is 26.2 Å². The summed E-state index contributed by atoms with van der Waals surface area (Å²) < 4.78 is 0. The van der Waals surface area contributed by atoms with Crippen molar-refractivity contribution in [1.29, 1.82) is 0 Å². The number of hydrogen-bond acceptors (Lipinski definition) is 4. The molecule has 0 saturated carbocycles. The molecule has 0 spiro atoms. The molecule has 1 amide bonds. The van der Waals surface area contributed by atoms with E-state index < -0.39 is 0 Å². The second kappa shape index (κ2) is 12.8. The van der Waals surface area contributed by atoms with E-state index in [9.17, 15) is 4.79 Å². The Hall–Kier alpha value is -1.53. The number of likely N-dealkylation sites (N-methyl/N-ethyl adjacent to an activating group) is 2. The highest BCUT2D eigenvalue weighted by atomic mass is 16.2. The van der Waals surface area contributed by atoms with E-state index in [2.05, 4.69) is 68.2 Å². The van der Waals surface area contributed by atoms with Crippen LogP contribution in [0.2, 0.25) is 0 Å². The molecule has 2 saturated heterocycles. The fourth-order valence-corrected chi connectivity index (χ4v) is 2.71. The van der Waals surface area contributed by atoms with Crippen molar-refractivity contribution < 1.29 is 4.79 Å². The summed E-state index contributed by atoms with van der Waals surface area (Å²) in [6.07, 6.45) is 0. The molecule has 0 unspecified atom stereocenters. The second-order valence-electron chi connectivity index (χ2n) is 8.08. The first-order valence-electron chi connectivity index (χ1n) is 10.1. The Balaban J connectivity index is 0.000000271. The predicted molar refractivity (Wildman–Crippen MR) is 113 cm³/mol. The summed E-state index contributed by atoms with van der Waals surface area (Å²) in [7, 11) is 4.15. The average molecular weight is 375 g/mol. The van der Waals surface area contributed by atoms with Crippen LogP contribution in [0.25, 0.3) is 0 Å². The Kier molecular flexibility index (Phi) is 11.1. The van der Waals surface area contributed by atoms with Gasteiger partial charge in [0.1, 0.15) is 0 Å². The molecule has 0 radical (unpaired) electrons. The van der Waals surface area contributed by atoms with Crippen LogP contribution in [0.4, 0.5) is 0 Å². The molecule has 0 N–H and O–H groups in total. The third-order valence-corrected chi connectivity index (χ3v) is 4.46. The van der Waals surface area contributed by atoms with E-state index in [0.717, 1.165) is 19.6 Å². The summed E-state index contributed by atoms with van der Waals surface area (Å²) in [5.74, 6) is 13.6. The van der Waals surface area contributed by atoms with Crippen molar-refractivity contribution >= 4 is 5.91 Å². The van der Waals surface area contributed by atoms with Crippen molar-refractivity contribution in [2.24, 2.45) is 11.8 Å². The van der Waals surface area contributed by atoms with Crippen molar-refractivity contribution in [3.05, 3.63) is 0 Å². The van der Waals surface area contributed by atoms with Gasteiger partial charge in [-0.25, -0.2) is 0 Å². The first-order valence-corrected chi connectivity index (χ1v) is 10.1. The van der Waals surface area contributed by atoms with Crippen LogP contribution in [0, 0.1) is 35.5 Å². The zero-order valence-corrected chi connectivity index (χ0v) is 18.2. The maximum absolute atomic E-state index is 11.5.